The molecule has 15 heavy (non-hydrogen) atoms. The van der Waals surface area contributed by atoms with Crippen LogP contribution in [0.25, 0.3) is 0 Å². The Morgan fingerprint density at radius 3 is 2.13 bits per heavy atom. The van der Waals surface area contributed by atoms with Crippen LogP contribution in [-0.4, -0.2) is 31.1 Å². The monoisotopic (exact) mass is 216 g/mol. The number of amides is 1. The summed E-state index contributed by atoms with van der Waals surface area (Å²) >= 11 is 0. The van der Waals surface area contributed by atoms with Crippen molar-refractivity contribution in [2.24, 2.45) is 11.1 Å². The molecule has 0 aliphatic carbocycles. The minimum Gasteiger partial charge on any atom is -0.467 e. The summed E-state index contributed by atoms with van der Waals surface area (Å²) in [4.78, 5) is 22.6. The van der Waals surface area contributed by atoms with Crippen molar-refractivity contribution in [1.82, 2.24) is 5.32 Å². The zero-order valence-electron chi connectivity index (χ0n) is 9.96. The summed E-state index contributed by atoms with van der Waals surface area (Å²) in [6.07, 6.45) is 0. The van der Waals surface area contributed by atoms with Crippen LogP contribution in [0.1, 0.15) is 27.7 Å². The minimum atomic E-state index is -0.670. The molecule has 0 fully saturated rings. The van der Waals surface area contributed by atoms with Gasteiger partial charge in [-0.15, -0.1) is 0 Å². The molecule has 0 rings (SSSR count). The van der Waals surface area contributed by atoms with Crippen molar-refractivity contribution in [3.63, 3.8) is 0 Å². The number of nitrogens with one attached hydrogen (secondary N) is 1. The van der Waals surface area contributed by atoms with E-state index in [9.17, 15) is 9.59 Å². The number of ether oxygens (including phenoxy) is 1. The predicted molar refractivity (Wildman–Crippen MR) is 57.1 cm³/mol. The molecule has 2 atom stereocenters. The van der Waals surface area contributed by atoms with Crippen molar-refractivity contribution < 1.29 is 14.3 Å². The van der Waals surface area contributed by atoms with E-state index < -0.39 is 18.1 Å². The molecule has 5 nitrogen and oxygen atoms in total. The molecule has 1 amide bonds. The molecule has 0 saturated carbocycles. The highest BCUT2D eigenvalue weighted by atomic mass is 16.5. The average Bonchev–Trinajstić information content (AvgIpc) is 2.13. The van der Waals surface area contributed by atoms with E-state index in [1.807, 2.05) is 20.8 Å². The van der Waals surface area contributed by atoms with Crippen molar-refractivity contribution in [2.45, 2.75) is 39.8 Å². The van der Waals surface area contributed by atoms with Gasteiger partial charge in [0.1, 0.15) is 6.04 Å². The summed E-state index contributed by atoms with van der Waals surface area (Å²) < 4.78 is 4.48. The number of carbonyl (C=O) groups excluding carboxylic acids is 2. The van der Waals surface area contributed by atoms with Gasteiger partial charge >= 0.3 is 5.97 Å². The third-order valence-electron chi connectivity index (χ3n) is 2.13. The lowest BCUT2D eigenvalue weighted by molar-refractivity contribution is -0.145. The first-order chi connectivity index (χ1) is 6.70. The van der Waals surface area contributed by atoms with Gasteiger partial charge in [0.2, 0.25) is 5.91 Å². The molecular weight excluding hydrogens is 196 g/mol. The van der Waals surface area contributed by atoms with Crippen molar-refractivity contribution in [2.75, 3.05) is 7.11 Å². The SMILES string of the molecule is COC(=O)[C@@H](C)NC(=O)[C@@H](N)C(C)(C)C. The van der Waals surface area contributed by atoms with Gasteiger partial charge in [-0.2, -0.15) is 0 Å². The fourth-order valence-corrected chi connectivity index (χ4v) is 0.932. The maximum Gasteiger partial charge on any atom is 0.328 e. The van der Waals surface area contributed by atoms with E-state index in [2.05, 4.69) is 10.1 Å². The normalized spacial score (nSPS) is 15.3. The Labute approximate surface area is 90.4 Å². The Hall–Kier alpha value is -1.10. The van der Waals surface area contributed by atoms with Crippen molar-refractivity contribution in [3.8, 4) is 0 Å². The molecule has 0 aromatic heterocycles. The van der Waals surface area contributed by atoms with Gasteiger partial charge in [-0.05, 0) is 12.3 Å². The molecule has 0 heterocycles. The Balaban J connectivity index is 4.32. The Bertz CT molecular complexity index is 246. The fraction of sp³-hybridized carbons (Fsp3) is 0.800. The topological polar surface area (TPSA) is 81.4 Å². The second kappa shape index (κ2) is 5.11. The highest BCUT2D eigenvalue weighted by Gasteiger charge is 2.29. The summed E-state index contributed by atoms with van der Waals surface area (Å²) in [5.74, 6) is -0.829. The van der Waals surface area contributed by atoms with E-state index in [1.165, 1.54) is 7.11 Å². The van der Waals surface area contributed by atoms with Crippen molar-refractivity contribution >= 4 is 11.9 Å². The number of methoxy groups -OCH3 is 1. The standard InChI is InChI=1S/C10H20N2O3/c1-6(9(14)15-5)12-8(13)7(11)10(2,3)4/h6-7H,11H2,1-5H3,(H,12,13)/t6-,7-/m1/s1. The number of hydrogen-bond donors (Lipinski definition) is 2. The molecule has 88 valence electrons. The highest BCUT2D eigenvalue weighted by molar-refractivity contribution is 5.87. The van der Waals surface area contributed by atoms with E-state index in [1.54, 1.807) is 6.92 Å². The maximum absolute atomic E-state index is 11.6. The molecule has 0 unspecified atom stereocenters. The first-order valence-corrected chi connectivity index (χ1v) is 4.84. The Morgan fingerprint density at radius 2 is 1.80 bits per heavy atom. The number of hydrogen-bond acceptors (Lipinski definition) is 4. The van der Waals surface area contributed by atoms with Crippen LogP contribution >= 0.6 is 0 Å². The molecule has 0 spiro atoms. The van der Waals surface area contributed by atoms with E-state index in [-0.39, 0.29) is 11.3 Å². The summed E-state index contributed by atoms with van der Waals surface area (Å²) in [6, 6.07) is -1.32. The molecule has 0 aliphatic heterocycles. The zero-order chi connectivity index (χ0) is 12.2. The van der Waals surface area contributed by atoms with Crippen LogP contribution in [0.15, 0.2) is 0 Å². The van der Waals surface area contributed by atoms with Gasteiger partial charge in [0.05, 0.1) is 13.2 Å². The third kappa shape index (κ3) is 4.29. The van der Waals surface area contributed by atoms with Gasteiger partial charge in [0.15, 0.2) is 0 Å². The lowest BCUT2D eigenvalue weighted by atomic mass is 9.87. The van der Waals surface area contributed by atoms with E-state index in [4.69, 9.17) is 5.73 Å². The first kappa shape index (κ1) is 13.9. The van der Waals surface area contributed by atoms with Gasteiger partial charge < -0.3 is 15.8 Å². The summed E-state index contributed by atoms with van der Waals surface area (Å²) in [5, 5.41) is 2.50. The first-order valence-electron chi connectivity index (χ1n) is 4.84. The van der Waals surface area contributed by atoms with Gasteiger partial charge in [-0.25, -0.2) is 4.79 Å². The van der Waals surface area contributed by atoms with Crippen LogP contribution in [0.3, 0.4) is 0 Å². The summed E-state index contributed by atoms with van der Waals surface area (Å²) in [7, 11) is 1.27. The molecule has 0 bridgehead atoms. The predicted octanol–water partition coefficient (Wildman–Crippen LogP) is 0.0375. The van der Waals surface area contributed by atoms with Crippen LogP contribution in [-0.2, 0) is 14.3 Å². The molecule has 0 saturated heterocycles. The third-order valence-corrected chi connectivity index (χ3v) is 2.13. The van der Waals surface area contributed by atoms with E-state index in [0.29, 0.717) is 0 Å². The molecule has 0 aromatic rings. The minimum absolute atomic E-state index is 0.333. The van der Waals surface area contributed by atoms with E-state index >= 15 is 0 Å². The molecule has 3 N–H and O–H groups in total. The highest BCUT2D eigenvalue weighted by Crippen LogP contribution is 2.17. The Morgan fingerprint density at radius 1 is 1.33 bits per heavy atom. The van der Waals surface area contributed by atoms with Gasteiger partial charge in [0, 0.05) is 0 Å². The van der Waals surface area contributed by atoms with Crippen LogP contribution in [0.4, 0.5) is 0 Å². The van der Waals surface area contributed by atoms with Gasteiger partial charge in [-0.3, -0.25) is 4.79 Å². The zero-order valence-corrected chi connectivity index (χ0v) is 9.96. The van der Waals surface area contributed by atoms with Gasteiger partial charge in [-0.1, -0.05) is 20.8 Å². The molecule has 0 radical (unpaired) electrons. The molecular formula is C10H20N2O3. The Kier molecular flexibility index (Phi) is 4.74. The fourth-order valence-electron chi connectivity index (χ4n) is 0.932. The van der Waals surface area contributed by atoms with Gasteiger partial charge in [0.25, 0.3) is 0 Å². The largest absolute Gasteiger partial charge is 0.467 e. The molecule has 0 aromatic carbocycles. The molecule has 5 heteroatoms. The maximum atomic E-state index is 11.6. The number of carbonyl (C=O) groups is 2. The molecule has 0 aliphatic rings. The lowest BCUT2D eigenvalue weighted by Crippen LogP contribution is -2.52. The van der Waals surface area contributed by atoms with Crippen LogP contribution in [0.2, 0.25) is 0 Å². The smallest absolute Gasteiger partial charge is 0.328 e. The number of esters is 1. The van der Waals surface area contributed by atoms with Crippen LogP contribution in [0, 0.1) is 5.41 Å². The van der Waals surface area contributed by atoms with E-state index in [0.717, 1.165) is 0 Å². The number of nitrogens with two attached hydrogens (primary N) is 1. The second-order valence-electron chi connectivity index (χ2n) is 4.60. The second-order valence-corrected chi connectivity index (χ2v) is 4.60. The van der Waals surface area contributed by atoms with Crippen molar-refractivity contribution in [3.05, 3.63) is 0 Å². The van der Waals surface area contributed by atoms with Crippen molar-refractivity contribution in [1.29, 1.82) is 0 Å². The summed E-state index contributed by atoms with van der Waals surface area (Å²) in [5.41, 5.74) is 5.39. The number of rotatable bonds is 3. The van der Waals surface area contributed by atoms with Crippen LogP contribution < -0.4 is 11.1 Å². The summed E-state index contributed by atoms with van der Waals surface area (Å²) in [6.45, 7) is 7.14. The quantitative estimate of drug-likeness (QED) is 0.652. The average molecular weight is 216 g/mol. The van der Waals surface area contributed by atoms with Crippen LogP contribution in [0.5, 0.6) is 0 Å². The lowest BCUT2D eigenvalue weighted by Gasteiger charge is -2.26.